The highest BCUT2D eigenvalue weighted by Gasteiger charge is 2.43. The molecule has 0 spiro atoms. The van der Waals surface area contributed by atoms with Gasteiger partial charge in [-0.25, -0.2) is 0 Å². The van der Waals surface area contributed by atoms with Gasteiger partial charge in [0, 0.05) is 42.9 Å². The van der Waals surface area contributed by atoms with Crippen LogP contribution < -0.4 is 4.74 Å². The van der Waals surface area contributed by atoms with E-state index in [0.717, 1.165) is 17.4 Å². The molecule has 0 N–H and O–H groups in total. The van der Waals surface area contributed by atoms with Crippen LogP contribution in [0.5, 0.6) is 5.75 Å². The molecule has 122 valence electrons. The molecule has 4 heteroatoms. The number of hydrogen-bond donors (Lipinski definition) is 0. The number of fused-ring (bicyclic) bond motifs is 3. The molecular weight excluding hydrogens is 286 g/mol. The van der Waals surface area contributed by atoms with Gasteiger partial charge >= 0.3 is 0 Å². The van der Waals surface area contributed by atoms with Crippen molar-refractivity contribution in [2.75, 3.05) is 26.7 Å². The minimum absolute atomic E-state index is 0.645. The van der Waals surface area contributed by atoms with Crippen LogP contribution >= 0.6 is 0 Å². The first-order valence-electron chi connectivity index (χ1n) is 8.63. The van der Waals surface area contributed by atoms with Crippen molar-refractivity contribution >= 4 is 0 Å². The third-order valence-corrected chi connectivity index (χ3v) is 5.43. The summed E-state index contributed by atoms with van der Waals surface area (Å²) in [6.45, 7) is 5.92. The summed E-state index contributed by atoms with van der Waals surface area (Å²) >= 11 is 0. The molecule has 1 aliphatic heterocycles. The maximum absolute atomic E-state index is 5.40. The zero-order chi connectivity index (χ0) is 16.0. The third kappa shape index (κ3) is 2.36. The topological polar surface area (TPSA) is 30.3 Å². The summed E-state index contributed by atoms with van der Waals surface area (Å²) in [7, 11) is 3.81. The Morgan fingerprint density at radius 1 is 1.30 bits per heavy atom. The zero-order valence-corrected chi connectivity index (χ0v) is 14.2. The Bertz CT molecular complexity index is 721. The van der Waals surface area contributed by atoms with E-state index in [-0.39, 0.29) is 0 Å². The molecule has 2 atom stereocenters. The average molecular weight is 311 g/mol. The van der Waals surface area contributed by atoms with Gasteiger partial charge in [-0.05, 0) is 37.4 Å². The van der Waals surface area contributed by atoms with Crippen LogP contribution in [-0.4, -0.2) is 41.4 Å². The molecule has 0 bridgehead atoms. The van der Waals surface area contributed by atoms with Gasteiger partial charge < -0.3 is 9.64 Å². The van der Waals surface area contributed by atoms with Gasteiger partial charge in [0.25, 0.3) is 0 Å². The first-order valence-corrected chi connectivity index (χ1v) is 8.63. The van der Waals surface area contributed by atoms with E-state index in [1.54, 1.807) is 7.11 Å². The Morgan fingerprint density at radius 3 is 2.96 bits per heavy atom. The van der Waals surface area contributed by atoms with E-state index in [1.165, 1.54) is 49.3 Å². The van der Waals surface area contributed by atoms with E-state index in [4.69, 9.17) is 9.84 Å². The molecule has 0 saturated carbocycles. The number of benzene rings is 1. The first kappa shape index (κ1) is 14.8. The number of aryl methyl sites for hydroxylation is 1. The van der Waals surface area contributed by atoms with Crippen LogP contribution in [0.4, 0.5) is 0 Å². The summed E-state index contributed by atoms with van der Waals surface area (Å²) in [5, 5.41) is 4.85. The standard InChI is InChI=1S/C19H25N3O/c1-4-8-22-11-14-10-17-18(16(14)12-22)19(20-21(17)2)13-6-5-7-15(9-13)23-3/h5-7,9,14,16H,4,8,10-12H2,1-3H3/t14-,16-/m0/s1. The van der Waals surface area contributed by atoms with Gasteiger partial charge in [0.2, 0.25) is 0 Å². The molecule has 1 aromatic heterocycles. The molecule has 1 aliphatic carbocycles. The minimum atomic E-state index is 0.645. The predicted molar refractivity (Wildman–Crippen MR) is 91.9 cm³/mol. The average Bonchev–Trinajstić information content (AvgIpc) is 3.19. The van der Waals surface area contributed by atoms with Gasteiger partial charge in [-0.1, -0.05) is 19.1 Å². The van der Waals surface area contributed by atoms with Gasteiger partial charge in [0.1, 0.15) is 5.75 Å². The Balaban J connectivity index is 1.73. The molecule has 2 aromatic rings. The second-order valence-corrected chi connectivity index (χ2v) is 6.89. The van der Waals surface area contributed by atoms with Crippen LogP contribution in [0.15, 0.2) is 24.3 Å². The number of hydrogen-bond acceptors (Lipinski definition) is 3. The number of rotatable bonds is 4. The van der Waals surface area contributed by atoms with Crippen LogP contribution in [0.3, 0.4) is 0 Å². The van der Waals surface area contributed by atoms with E-state index in [9.17, 15) is 0 Å². The summed E-state index contributed by atoms with van der Waals surface area (Å²) in [5.74, 6) is 2.31. The van der Waals surface area contributed by atoms with Gasteiger partial charge in [0.15, 0.2) is 0 Å². The lowest BCUT2D eigenvalue weighted by Crippen LogP contribution is -2.22. The SMILES string of the molecule is CCCN1C[C@@H]2Cc3c(c(-c4cccc(OC)c4)nn3C)[C@H]2C1. The maximum atomic E-state index is 5.40. The lowest BCUT2D eigenvalue weighted by atomic mass is 9.94. The molecule has 0 amide bonds. The summed E-state index contributed by atoms with van der Waals surface area (Å²) in [6, 6.07) is 8.31. The van der Waals surface area contributed by atoms with Crippen molar-refractivity contribution in [3.8, 4) is 17.0 Å². The van der Waals surface area contributed by atoms with E-state index in [2.05, 4.69) is 41.8 Å². The van der Waals surface area contributed by atoms with Gasteiger partial charge in [-0.2, -0.15) is 5.10 Å². The zero-order valence-electron chi connectivity index (χ0n) is 14.2. The molecule has 23 heavy (non-hydrogen) atoms. The predicted octanol–water partition coefficient (Wildman–Crippen LogP) is 3.08. The quantitative estimate of drug-likeness (QED) is 0.869. The van der Waals surface area contributed by atoms with Gasteiger partial charge in [-0.3, -0.25) is 4.68 Å². The normalized spacial score (nSPS) is 23.1. The fourth-order valence-corrected chi connectivity index (χ4v) is 4.43. The largest absolute Gasteiger partial charge is 0.497 e. The molecule has 4 nitrogen and oxygen atoms in total. The van der Waals surface area contributed by atoms with Crippen LogP contribution in [-0.2, 0) is 13.5 Å². The van der Waals surface area contributed by atoms with E-state index < -0.39 is 0 Å². The second kappa shape index (κ2) is 5.68. The fraction of sp³-hybridized carbons (Fsp3) is 0.526. The summed E-state index contributed by atoms with van der Waals surface area (Å²) in [4.78, 5) is 2.63. The molecule has 0 unspecified atom stereocenters. The van der Waals surface area contributed by atoms with Gasteiger partial charge in [0.05, 0.1) is 12.8 Å². The van der Waals surface area contributed by atoms with Crippen molar-refractivity contribution in [1.82, 2.24) is 14.7 Å². The summed E-state index contributed by atoms with van der Waals surface area (Å²) in [6.07, 6.45) is 2.41. The van der Waals surface area contributed by atoms with E-state index >= 15 is 0 Å². The Labute approximate surface area is 138 Å². The molecule has 1 fully saturated rings. The lowest BCUT2D eigenvalue weighted by molar-refractivity contribution is 0.321. The van der Waals surface area contributed by atoms with E-state index in [0.29, 0.717) is 5.92 Å². The highest BCUT2D eigenvalue weighted by atomic mass is 16.5. The van der Waals surface area contributed by atoms with E-state index in [1.807, 2.05) is 6.07 Å². The number of methoxy groups -OCH3 is 1. The number of nitrogens with zero attached hydrogens (tertiary/aromatic N) is 3. The molecule has 0 radical (unpaired) electrons. The Hall–Kier alpha value is -1.81. The first-order chi connectivity index (χ1) is 11.2. The molecule has 2 heterocycles. The lowest BCUT2D eigenvalue weighted by Gasteiger charge is -2.15. The molecular formula is C19H25N3O. The van der Waals surface area contributed by atoms with Crippen molar-refractivity contribution in [3.63, 3.8) is 0 Å². The second-order valence-electron chi connectivity index (χ2n) is 6.89. The van der Waals surface area contributed by atoms with Crippen LogP contribution in [0, 0.1) is 5.92 Å². The van der Waals surface area contributed by atoms with Crippen LogP contribution in [0.25, 0.3) is 11.3 Å². The highest BCUT2D eigenvalue weighted by molar-refractivity contribution is 5.68. The van der Waals surface area contributed by atoms with Crippen molar-refractivity contribution in [3.05, 3.63) is 35.5 Å². The van der Waals surface area contributed by atoms with Crippen molar-refractivity contribution in [1.29, 1.82) is 0 Å². The Kier molecular flexibility index (Phi) is 3.64. The fourth-order valence-electron chi connectivity index (χ4n) is 4.43. The number of ether oxygens (including phenoxy) is 1. The molecule has 4 rings (SSSR count). The Morgan fingerprint density at radius 2 is 2.17 bits per heavy atom. The van der Waals surface area contributed by atoms with Crippen molar-refractivity contribution < 1.29 is 4.74 Å². The summed E-state index contributed by atoms with van der Waals surface area (Å²) < 4.78 is 7.50. The summed E-state index contributed by atoms with van der Waals surface area (Å²) in [5.41, 5.74) is 5.27. The van der Waals surface area contributed by atoms with Crippen molar-refractivity contribution in [2.24, 2.45) is 13.0 Å². The minimum Gasteiger partial charge on any atom is -0.497 e. The smallest absolute Gasteiger partial charge is 0.119 e. The van der Waals surface area contributed by atoms with Gasteiger partial charge in [-0.15, -0.1) is 0 Å². The van der Waals surface area contributed by atoms with Crippen LogP contribution in [0.1, 0.15) is 30.5 Å². The third-order valence-electron chi connectivity index (χ3n) is 5.43. The molecule has 1 aromatic carbocycles. The highest BCUT2D eigenvalue weighted by Crippen LogP contribution is 2.47. The van der Waals surface area contributed by atoms with Crippen molar-refractivity contribution in [2.45, 2.75) is 25.7 Å². The monoisotopic (exact) mass is 311 g/mol. The molecule has 1 saturated heterocycles. The van der Waals surface area contributed by atoms with Crippen LogP contribution in [0.2, 0.25) is 0 Å². The molecule has 2 aliphatic rings. The maximum Gasteiger partial charge on any atom is 0.119 e. The number of likely N-dealkylation sites (tertiary alicyclic amines) is 1. The number of aromatic nitrogens is 2.